The summed E-state index contributed by atoms with van der Waals surface area (Å²) in [4.78, 5) is 16.1. The van der Waals surface area contributed by atoms with Crippen LogP contribution in [0, 0.1) is 5.92 Å². The maximum absolute atomic E-state index is 12.7. The van der Waals surface area contributed by atoms with Gasteiger partial charge in [0.15, 0.2) is 0 Å². The highest BCUT2D eigenvalue weighted by atomic mass is 32.2. The van der Waals surface area contributed by atoms with Gasteiger partial charge in [0, 0.05) is 23.7 Å². The van der Waals surface area contributed by atoms with E-state index >= 15 is 0 Å². The maximum atomic E-state index is 12.7. The first-order chi connectivity index (χ1) is 9.79. The monoisotopic (exact) mass is 290 g/mol. The van der Waals surface area contributed by atoms with E-state index in [1.165, 1.54) is 10.5 Å². The minimum Gasteiger partial charge on any atom is -0.342 e. The lowest BCUT2D eigenvalue weighted by Crippen LogP contribution is -2.42. The Bertz CT molecular complexity index is 483. The number of rotatable bonds is 3. The van der Waals surface area contributed by atoms with Crippen molar-refractivity contribution in [2.24, 2.45) is 5.92 Å². The van der Waals surface area contributed by atoms with E-state index in [1.54, 1.807) is 0 Å². The van der Waals surface area contributed by atoms with E-state index < -0.39 is 0 Å². The van der Waals surface area contributed by atoms with Gasteiger partial charge in [-0.15, -0.1) is 11.8 Å². The Balaban J connectivity index is 1.64. The molecule has 1 amide bonds. The van der Waals surface area contributed by atoms with E-state index in [-0.39, 0.29) is 5.92 Å². The second-order valence-corrected chi connectivity index (χ2v) is 6.79. The van der Waals surface area contributed by atoms with E-state index in [9.17, 15) is 4.79 Å². The fourth-order valence-corrected chi connectivity index (χ4v) is 4.45. The normalized spacial score (nSPS) is 22.9. The summed E-state index contributed by atoms with van der Waals surface area (Å²) in [6.45, 7) is 2.92. The number of nitrogens with one attached hydrogen (secondary N) is 1. The molecule has 3 rings (SSSR count). The molecule has 2 aliphatic heterocycles. The second-order valence-electron chi connectivity index (χ2n) is 5.73. The largest absolute Gasteiger partial charge is 0.342 e. The molecule has 0 saturated carbocycles. The Morgan fingerprint density at radius 1 is 1.35 bits per heavy atom. The fraction of sp³-hybridized carbons (Fsp3) is 0.562. The van der Waals surface area contributed by atoms with E-state index in [2.05, 4.69) is 28.4 Å². The first-order valence-electron chi connectivity index (χ1n) is 7.44. The first-order valence-corrected chi connectivity index (χ1v) is 8.43. The standard InChI is InChI=1S/C16H22N2OS/c1-17-10-12-6-8-18(9-7-12)16(19)14-11-20-15-5-3-2-4-13(14)15/h2-5,12,14,17H,6-11H2,1H3. The van der Waals surface area contributed by atoms with Gasteiger partial charge in [0.05, 0.1) is 5.92 Å². The molecule has 1 aromatic rings. The maximum Gasteiger partial charge on any atom is 0.231 e. The number of likely N-dealkylation sites (tertiary alicyclic amines) is 1. The van der Waals surface area contributed by atoms with Crippen LogP contribution >= 0.6 is 11.8 Å². The zero-order valence-corrected chi connectivity index (χ0v) is 12.8. The van der Waals surface area contributed by atoms with Gasteiger partial charge in [0.2, 0.25) is 5.91 Å². The molecule has 2 heterocycles. The Kier molecular flexibility index (Phi) is 4.32. The quantitative estimate of drug-likeness (QED) is 0.927. The van der Waals surface area contributed by atoms with Crippen LogP contribution < -0.4 is 5.32 Å². The van der Waals surface area contributed by atoms with Crippen molar-refractivity contribution in [1.29, 1.82) is 0 Å². The summed E-state index contributed by atoms with van der Waals surface area (Å²) in [7, 11) is 2.00. The molecule has 0 spiro atoms. The molecule has 0 radical (unpaired) electrons. The molecule has 1 atom stereocenters. The van der Waals surface area contributed by atoms with Gasteiger partial charge in [0.1, 0.15) is 0 Å². The summed E-state index contributed by atoms with van der Waals surface area (Å²) in [5, 5.41) is 3.24. The molecular formula is C16H22N2OS. The SMILES string of the molecule is CNCC1CCN(C(=O)C2CSc3ccccc32)CC1. The van der Waals surface area contributed by atoms with Gasteiger partial charge in [0.25, 0.3) is 0 Å². The van der Waals surface area contributed by atoms with Gasteiger partial charge in [-0.2, -0.15) is 0 Å². The van der Waals surface area contributed by atoms with Crippen molar-refractivity contribution in [1.82, 2.24) is 10.2 Å². The Hall–Kier alpha value is -1.00. The highest BCUT2D eigenvalue weighted by Crippen LogP contribution is 2.40. The third-order valence-corrected chi connectivity index (χ3v) is 5.60. The summed E-state index contributed by atoms with van der Waals surface area (Å²) >= 11 is 1.82. The lowest BCUT2D eigenvalue weighted by atomic mass is 9.94. The number of hydrogen-bond acceptors (Lipinski definition) is 3. The molecule has 1 N–H and O–H groups in total. The molecule has 2 aliphatic rings. The van der Waals surface area contributed by atoms with Crippen molar-refractivity contribution >= 4 is 17.7 Å². The third kappa shape index (κ3) is 2.72. The number of carbonyl (C=O) groups is 1. The molecule has 0 bridgehead atoms. The van der Waals surface area contributed by atoms with Crippen LogP contribution in [0.15, 0.2) is 29.2 Å². The molecule has 3 nitrogen and oxygen atoms in total. The molecule has 1 unspecified atom stereocenters. The van der Waals surface area contributed by atoms with Gasteiger partial charge in [-0.05, 0) is 44.0 Å². The topological polar surface area (TPSA) is 32.3 Å². The summed E-state index contributed by atoms with van der Waals surface area (Å²) in [5.74, 6) is 2.06. The van der Waals surface area contributed by atoms with Gasteiger partial charge in [-0.3, -0.25) is 4.79 Å². The molecule has 20 heavy (non-hydrogen) atoms. The van der Waals surface area contributed by atoms with E-state index in [0.29, 0.717) is 5.91 Å². The van der Waals surface area contributed by atoms with Crippen molar-refractivity contribution in [3.05, 3.63) is 29.8 Å². The van der Waals surface area contributed by atoms with E-state index in [4.69, 9.17) is 0 Å². The zero-order chi connectivity index (χ0) is 13.9. The van der Waals surface area contributed by atoms with Crippen LogP contribution in [-0.4, -0.2) is 43.2 Å². The number of fused-ring (bicyclic) bond motifs is 1. The van der Waals surface area contributed by atoms with E-state index in [1.807, 2.05) is 24.9 Å². The Morgan fingerprint density at radius 3 is 2.85 bits per heavy atom. The molecule has 4 heteroatoms. The van der Waals surface area contributed by atoms with Crippen LogP contribution in [0.5, 0.6) is 0 Å². The summed E-state index contributed by atoms with van der Waals surface area (Å²) in [6.07, 6.45) is 2.27. The molecule has 1 aromatic carbocycles. The number of carbonyl (C=O) groups excluding carboxylic acids is 1. The van der Waals surface area contributed by atoms with Gasteiger partial charge < -0.3 is 10.2 Å². The molecular weight excluding hydrogens is 268 g/mol. The molecule has 1 fully saturated rings. The minimum absolute atomic E-state index is 0.0806. The lowest BCUT2D eigenvalue weighted by molar-refractivity contribution is -0.133. The van der Waals surface area contributed by atoms with Crippen LogP contribution in [0.4, 0.5) is 0 Å². The van der Waals surface area contributed by atoms with Crippen molar-refractivity contribution in [3.8, 4) is 0 Å². The Labute approximate surface area is 125 Å². The van der Waals surface area contributed by atoms with Crippen LogP contribution in [0.3, 0.4) is 0 Å². The number of nitrogens with zero attached hydrogens (tertiary/aromatic N) is 1. The second kappa shape index (κ2) is 6.19. The third-order valence-electron chi connectivity index (χ3n) is 4.42. The summed E-state index contributed by atoms with van der Waals surface area (Å²) < 4.78 is 0. The van der Waals surface area contributed by atoms with Crippen LogP contribution in [0.25, 0.3) is 0 Å². The van der Waals surface area contributed by atoms with Crippen LogP contribution in [0.1, 0.15) is 24.3 Å². The van der Waals surface area contributed by atoms with Crippen molar-refractivity contribution in [2.45, 2.75) is 23.7 Å². The number of benzene rings is 1. The van der Waals surface area contributed by atoms with Crippen LogP contribution in [-0.2, 0) is 4.79 Å². The smallest absolute Gasteiger partial charge is 0.231 e. The summed E-state index contributed by atoms with van der Waals surface area (Å²) in [6, 6.07) is 8.35. The summed E-state index contributed by atoms with van der Waals surface area (Å²) in [5.41, 5.74) is 1.24. The molecule has 0 aromatic heterocycles. The minimum atomic E-state index is 0.0806. The average molecular weight is 290 g/mol. The van der Waals surface area contributed by atoms with Gasteiger partial charge >= 0.3 is 0 Å². The van der Waals surface area contributed by atoms with Crippen LogP contribution in [0.2, 0.25) is 0 Å². The van der Waals surface area contributed by atoms with E-state index in [0.717, 1.165) is 44.1 Å². The predicted octanol–water partition coefficient (Wildman–Crippen LogP) is 2.33. The fourth-order valence-electron chi connectivity index (χ4n) is 3.23. The Morgan fingerprint density at radius 2 is 2.10 bits per heavy atom. The first kappa shape index (κ1) is 14.0. The lowest BCUT2D eigenvalue weighted by Gasteiger charge is -2.33. The molecule has 1 saturated heterocycles. The highest BCUT2D eigenvalue weighted by molar-refractivity contribution is 7.99. The van der Waals surface area contributed by atoms with Gasteiger partial charge in [-0.25, -0.2) is 0 Å². The molecule has 108 valence electrons. The van der Waals surface area contributed by atoms with Crippen molar-refractivity contribution < 1.29 is 4.79 Å². The number of amides is 1. The van der Waals surface area contributed by atoms with Gasteiger partial charge in [-0.1, -0.05) is 18.2 Å². The number of piperidine rings is 1. The van der Waals surface area contributed by atoms with Crippen molar-refractivity contribution in [2.75, 3.05) is 32.4 Å². The number of hydrogen-bond donors (Lipinski definition) is 1. The predicted molar refractivity (Wildman–Crippen MR) is 83.1 cm³/mol. The number of thioether (sulfide) groups is 1. The zero-order valence-electron chi connectivity index (χ0n) is 12.0. The average Bonchev–Trinajstić information content (AvgIpc) is 2.92. The molecule has 0 aliphatic carbocycles. The van der Waals surface area contributed by atoms with Crippen molar-refractivity contribution in [3.63, 3.8) is 0 Å². The highest BCUT2D eigenvalue weighted by Gasteiger charge is 2.33.